The number of halogens is 4. The van der Waals surface area contributed by atoms with Crippen molar-refractivity contribution in [3.8, 4) is 5.75 Å². The van der Waals surface area contributed by atoms with Gasteiger partial charge in [-0.25, -0.2) is 9.18 Å². The number of rotatable bonds is 8. The zero-order valence-electron chi connectivity index (χ0n) is 25.8. The predicted octanol–water partition coefficient (Wildman–Crippen LogP) is 6.38. The Bertz CT molecular complexity index is 1780. The number of hydrogen-bond donors (Lipinski definition) is 1. The van der Waals surface area contributed by atoms with Crippen LogP contribution in [0.1, 0.15) is 48.8 Å². The molecule has 0 aromatic heterocycles. The highest BCUT2D eigenvalue weighted by atomic mass is 19.4. The smallest absolute Gasteiger partial charge is 0.416 e. The van der Waals surface area contributed by atoms with Gasteiger partial charge in [0.05, 0.1) is 37.4 Å². The minimum atomic E-state index is -4.73. The van der Waals surface area contributed by atoms with Crippen molar-refractivity contribution in [1.29, 1.82) is 0 Å². The minimum Gasteiger partial charge on any atom is -0.497 e. The first-order valence-corrected chi connectivity index (χ1v) is 14.9. The average molecular weight is 653 g/mol. The van der Waals surface area contributed by atoms with Crippen LogP contribution in [0.2, 0.25) is 0 Å². The summed E-state index contributed by atoms with van der Waals surface area (Å²) in [6.07, 6.45) is -4.86. The fraction of sp³-hybridized carbons (Fsp3) is 0.286. The second-order valence-corrected chi connectivity index (χ2v) is 10.9. The number of nitrogens with two attached hydrogens (primary N) is 1. The van der Waals surface area contributed by atoms with E-state index in [1.165, 1.54) is 49.3 Å². The molecule has 2 N–H and O–H groups in total. The third-order valence-corrected chi connectivity index (χ3v) is 8.24. The van der Waals surface area contributed by atoms with Gasteiger partial charge in [-0.2, -0.15) is 13.2 Å². The summed E-state index contributed by atoms with van der Waals surface area (Å²) in [6.45, 7) is 2.95. The summed E-state index contributed by atoms with van der Waals surface area (Å²) in [5, 5.41) is 0. The summed E-state index contributed by atoms with van der Waals surface area (Å²) >= 11 is 0. The van der Waals surface area contributed by atoms with Crippen molar-refractivity contribution in [3.63, 3.8) is 0 Å². The number of carbonyl (C=O) groups is 3. The molecule has 3 aromatic rings. The molecule has 3 aromatic carbocycles. The van der Waals surface area contributed by atoms with E-state index in [4.69, 9.17) is 19.9 Å². The Morgan fingerprint density at radius 2 is 1.66 bits per heavy atom. The van der Waals surface area contributed by atoms with Crippen molar-refractivity contribution in [3.05, 3.63) is 118 Å². The summed E-state index contributed by atoms with van der Waals surface area (Å²) < 4.78 is 73.4. The van der Waals surface area contributed by atoms with Gasteiger partial charge in [0.2, 0.25) is 0 Å². The zero-order valence-corrected chi connectivity index (χ0v) is 25.8. The largest absolute Gasteiger partial charge is 0.497 e. The van der Waals surface area contributed by atoms with E-state index in [2.05, 4.69) is 0 Å². The number of nitrogens with zero attached hydrogens (tertiary/aromatic N) is 1. The zero-order chi connectivity index (χ0) is 34.0. The molecule has 1 aliphatic heterocycles. The molecule has 0 saturated heterocycles. The number of ketones is 1. The third kappa shape index (κ3) is 6.19. The van der Waals surface area contributed by atoms with Gasteiger partial charge < -0.3 is 19.9 Å². The summed E-state index contributed by atoms with van der Waals surface area (Å²) in [5.74, 6) is -7.15. The molecule has 1 aliphatic carbocycles. The molecule has 3 unspecified atom stereocenters. The number of methoxy groups -OCH3 is 1. The number of benzene rings is 3. The van der Waals surface area contributed by atoms with Crippen LogP contribution in [-0.2, 0) is 30.0 Å². The van der Waals surface area contributed by atoms with Gasteiger partial charge in [-0.15, -0.1) is 0 Å². The van der Waals surface area contributed by atoms with Crippen molar-refractivity contribution >= 4 is 23.4 Å². The quantitative estimate of drug-likeness (QED) is 0.170. The Morgan fingerprint density at radius 1 is 0.957 bits per heavy atom. The molecule has 0 bridgehead atoms. The number of allylic oxidation sites excluding steroid dienone is 2. The number of carbonyl (C=O) groups excluding carboxylic acids is 3. The first kappa shape index (κ1) is 33.2. The van der Waals surface area contributed by atoms with Crippen molar-refractivity contribution in [2.45, 2.75) is 38.3 Å². The van der Waals surface area contributed by atoms with Gasteiger partial charge in [0.1, 0.15) is 23.3 Å². The fourth-order valence-electron chi connectivity index (χ4n) is 6.26. The van der Waals surface area contributed by atoms with E-state index in [0.717, 1.165) is 18.2 Å². The second-order valence-electron chi connectivity index (χ2n) is 10.9. The Hall–Kier alpha value is -5.13. The Labute approximate surface area is 268 Å². The fourth-order valence-corrected chi connectivity index (χ4v) is 6.26. The summed E-state index contributed by atoms with van der Waals surface area (Å²) in [4.78, 5) is 43.2. The van der Waals surface area contributed by atoms with Crippen LogP contribution in [-0.4, -0.2) is 38.0 Å². The second kappa shape index (κ2) is 13.3. The SMILES string of the molecule is CCOC(=O)C1=C(N)N(c2cccc(C(F)(F)F)c2)C2=C(C(=O)C(C(=O)OCC)C(c3cccc(OC)c3)C2)C1c1ccccc1F. The van der Waals surface area contributed by atoms with Crippen LogP contribution >= 0.6 is 0 Å². The van der Waals surface area contributed by atoms with Crippen LogP contribution in [0.15, 0.2) is 95.5 Å². The van der Waals surface area contributed by atoms with Crippen molar-refractivity contribution in [2.75, 3.05) is 25.2 Å². The Morgan fingerprint density at radius 3 is 2.32 bits per heavy atom. The lowest BCUT2D eigenvalue weighted by molar-refractivity contribution is -0.152. The van der Waals surface area contributed by atoms with E-state index in [1.807, 2.05) is 0 Å². The molecule has 0 fully saturated rings. The van der Waals surface area contributed by atoms with Crippen LogP contribution in [0.25, 0.3) is 0 Å². The van der Waals surface area contributed by atoms with Crippen LogP contribution in [0, 0.1) is 11.7 Å². The van der Waals surface area contributed by atoms with Gasteiger partial charge in [0.25, 0.3) is 0 Å². The van der Waals surface area contributed by atoms with Crippen LogP contribution in [0.5, 0.6) is 5.75 Å². The number of alkyl halides is 3. The lowest BCUT2D eigenvalue weighted by atomic mass is 9.66. The van der Waals surface area contributed by atoms with E-state index < -0.39 is 53.0 Å². The molecule has 47 heavy (non-hydrogen) atoms. The third-order valence-electron chi connectivity index (χ3n) is 8.24. The van der Waals surface area contributed by atoms with Gasteiger partial charge in [-0.3, -0.25) is 14.5 Å². The van der Waals surface area contributed by atoms with Crippen molar-refractivity contribution in [1.82, 2.24) is 0 Å². The molecule has 0 radical (unpaired) electrons. The molecule has 246 valence electrons. The number of hydrogen-bond acceptors (Lipinski definition) is 8. The van der Waals surface area contributed by atoms with E-state index >= 15 is 4.39 Å². The molecule has 5 rings (SSSR count). The van der Waals surface area contributed by atoms with Crippen LogP contribution in [0.3, 0.4) is 0 Å². The molecule has 0 spiro atoms. The number of ether oxygens (including phenoxy) is 3. The van der Waals surface area contributed by atoms with Gasteiger partial charge >= 0.3 is 18.1 Å². The van der Waals surface area contributed by atoms with Gasteiger partial charge in [-0.05, 0) is 62.2 Å². The van der Waals surface area contributed by atoms with Gasteiger partial charge in [0.15, 0.2) is 5.78 Å². The van der Waals surface area contributed by atoms with Gasteiger partial charge in [0, 0.05) is 28.4 Å². The molecule has 8 nitrogen and oxygen atoms in total. The van der Waals surface area contributed by atoms with E-state index in [1.54, 1.807) is 31.2 Å². The number of Topliss-reactive ketones (excluding diaryl/α,β-unsaturated/α-hetero) is 1. The normalized spacial score (nSPS) is 19.8. The van der Waals surface area contributed by atoms with Crippen LogP contribution in [0.4, 0.5) is 23.2 Å². The predicted molar refractivity (Wildman–Crippen MR) is 163 cm³/mol. The monoisotopic (exact) mass is 652 g/mol. The average Bonchev–Trinajstić information content (AvgIpc) is 3.04. The van der Waals surface area contributed by atoms with Crippen molar-refractivity contribution in [2.24, 2.45) is 11.7 Å². The maximum Gasteiger partial charge on any atom is 0.416 e. The topological polar surface area (TPSA) is 108 Å². The summed E-state index contributed by atoms with van der Waals surface area (Å²) in [7, 11) is 1.45. The number of anilines is 1. The van der Waals surface area contributed by atoms with E-state index in [0.29, 0.717) is 11.3 Å². The summed E-state index contributed by atoms with van der Waals surface area (Å²) in [5.41, 5.74) is 5.54. The van der Waals surface area contributed by atoms with Crippen LogP contribution < -0.4 is 15.4 Å². The first-order valence-electron chi connectivity index (χ1n) is 14.9. The highest BCUT2D eigenvalue weighted by Gasteiger charge is 2.52. The molecule has 3 atom stereocenters. The molecule has 12 heteroatoms. The maximum atomic E-state index is 15.6. The number of esters is 2. The molecular formula is C35H32F4N2O6. The van der Waals surface area contributed by atoms with Crippen molar-refractivity contribution < 1.29 is 46.2 Å². The maximum absolute atomic E-state index is 15.6. The lowest BCUT2D eigenvalue weighted by Crippen LogP contribution is -2.46. The Kier molecular flexibility index (Phi) is 9.41. The highest BCUT2D eigenvalue weighted by molar-refractivity contribution is 6.14. The highest BCUT2D eigenvalue weighted by Crippen LogP contribution is 2.52. The summed E-state index contributed by atoms with van der Waals surface area (Å²) in [6, 6.07) is 16.4. The molecule has 1 heterocycles. The Balaban J connectivity index is 1.86. The molecular weight excluding hydrogens is 620 g/mol. The molecule has 2 aliphatic rings. The molecule has 0 amide bonds. The first-order chi connectivity index (χ1) is 22.4. The van der Waals surface area contributed by atoms with Gasteiger partial charge in [-0.1, -0.05) is 36.4 Å². The van der Waals surface area contributed by atoms with E-state index in [-0.39, 0.29) is 53.5 Å². The minimum absolute atomic E-state index is 0.0482. The standard InChI is InChI=1S/C35H32F4N2O6/c1-4-46-33(43)28-24(19-10-8-13-22(16-19)45-3)18-26-29(31(28)42)27(23-14-6-7-15-25(23)36)30(34(44)47-5-2)32(40)41(26)21-12-9-11-20(17-21)35(37,38)39/h6-17,24,27-28H,4-5,18,40H2,1-3H3. The lowest BCUT2D eigenvalue weighted by Gasteiger charge is -2.44. The molecule has 0 saturated carbocycles. The van der Waals surface area contributed by atoms with E-state index in [9.17, 15) is 27.6 Å².